The van der Waals surface area contributed by atoms with E-state index in [4.69, 9.17) is 15.9 Å². The number of halogens is 3. The third-order valence-electron chi connectivity index (χ3n) is 2.43. The summed E-state index contributed by atoms with van der Waals surface area (Å²) in [7, 11) is 3.76. The summed E-state index contributed by atoms with van der Waals surface area (Å²) >= 11 is 0. The van der Waals surface area contributed by atoms with Crippen LogP contribution >= 0.6 is 0 Å². The molecule has 0 aromatic carbocycles. The second-order valence-corrected chi connectivity index (χ2v) is 4.47. The summed E-state index contributed by atoms with van der Waals surface area (Å²) < 4.78 is 43.0. The fourth-order valence-corrected chi connectivity index (χ4v) is 1.46. The van der Waals surface area contributed by atoms with Crippen LogP contribution in [-0.2, 0) is 6.18 Å². The number of alkyl halides is 3. The number of hydrogen-bond acceptors (Lipinski definition) is 4. The van der Waals surface area contributed by atoms with Gasteiger partial charge in [0, 0.05) is 6.54 Å². The molecular formula is C12H17F3N4O. The molecule has 20 heavy (non-hydrogen) atoms. The second kappa shape index (κ2) is 6.56. The Hall–Kier alpha value is -1.83. The summed E-state index contributed by atoms with van der Waals surface area (Å²) in [4.78, 5) is 5.33. The molecule has 0 saturated carbocycles. The van der Waals surface area contributed by atoms with E-state index in [0.29, 0.717) is 6.42 Å². The van der Waals surface area contributed by atoms with Gasteiger partial charge < -0.3 is 15.4 Å². The van der Waals surface area contributed by atoms with Crippen molar-refractivity contribution >= 4 is 5.84 Å². The second-order valence-electron chi connectivity index (χ2n) is 4.47. The lowest BCUT2D eigenvalue weighted by atomic mass is 10.2. The van der Waals surface area contributed by atoms with E-state index in [0.717, 1.165) is 18.7 Å². The lowest BCUT2D eigenvalue weighted by molar-refractivity contribution is -0.141. The van der Waals surface area contributed by atoms with Crippen molar-refractivity contribution in [3.8, 4) is 5.88 Å². The number of nitrogens with two attached hydrogens (primary N) is 1. The van der Waals surface area contributed by atoms with Crippen molar-refractivity contribution in [1.82, 2.24) is 9.88 Å². The molecule has 0 saturated heterocycles. The lowest BCUT2D eigenvalue weighted by Crippen LogP contribution is -2.19. The largest absolute Gasteiger partial charge is 0.477 e. The van der Waals surface area contributed by atoms with Crippen molar-refractivity contribution in [2.24, 2.45) is 5.73 Å². The molecule has 0 aliphatic heterocycles. The first kappa shape index (κ1) is 16.2. The van der Waals surface area contributed by atoms with Gasteiger partial charge in [-0.2, -0.15) is 13.2 Å². The van der Waals surface area contributed by atoms with Crippen molar-refractivity contribution < 1.29 is 17.9 Å². The Kier molecular flexibility index (Phi) is 5.32. The number of nitrogens with one attached hydrogen (secondary N) is 1. The molecule has 1 aromatic heterocycles. The smallest absolute Gasteiger partial charge is 0.433 e. The Morgan fingerprint density at radius 2 is 2.05 bits per heavy atom. The monoisotopic (exact) mass is 290 g/mol. The molecule has 0 fully saturated rings. The van der Waals surface area contributed by atoms with Gasteiger partial charge in [0.15, 0.2) is 0 Å². The molecule has 0 atom stereocenters. The minimum absolute atomic E-state index is 0.0582. The van der Waals surface area contributed by atoms with Crippen molar-refractivity contribution in [2.75, 3.05) is 27.2 Å². The van der Waals surface area contributed by atoms with Crippen LogP contribution in [0.3, 0.4) is 0 Å². The summed E-state index contributed by atoms with van der Waals surface area (Å²) in [5, 5.41) is 7.32. The van der Waals surface area contributed by atoms with E-state index < -0.39 is 11.9 Å². The van der Waals surface area contributed by atoms with Gasteiger partial charge in [0.25, 0.3) is 0 Å². The summed E-state index contributed by atoms with van der Waals surface area (Å²) in [5.41, 5.74) is 4.29. The van der Waals surface area contributed by atoms with Crippen molar-refractivity contribution in [3.05, 3.63) is 23.4 Å². The van der Waals surface area contributed by atoms with Crippen molar-refractivity contribution in [3.63, 3.8) is 0 Å². The first-order valence-corrected chi connectivity index (χ1v) is 5.92. The molecule has 112 valence electrons. The lowest BCUT2D eigenvalue weighted by Gasteiger charge is -2.14. The summed E-state index contributed by atoms with van der Waals surface area (Å²) in [6.45, 7) is 0.932. The highest BCUT2D eigenvalue weighted by Crippen LogP contribution is 2.30. The third-order valence-corrected chi connectivity index (χ3v) is 2.43. The van der Waals surface area contributed by atoms with Crippen LogP contribution in [0.5, 0.6) is 5.88 Å². The van der Waals surface area contributed by atoms with Crippen LogP contribution in [0.2, 0.25) is 0 Å². The van der Waals surface area contributed by atoms with E-state index in [-0.39, 0.29) is 23.9 Å². The highest BCUT2D eigenvalue weighted by atomic mass is 19.4. The molecular weight excluding hydrogens is 273 g/mol. The zero-order chi connectivity index (χ0) is 15.3. The maximum Gasteiger partial charge on any atom is 0.433 e. The van der Waals surface area contributed by atoms with Crippen LogP contribution in [0.25, 0.3) is 0 Å². The Bertz CT molecular complexity index is 474. The Morgan fingerprint density at radius 3 is 2.55 bits per heavy atom. The van der Waals surface area contributed by atoms with E-state index in [1.54, 1.807) is 0 Å². The molecule has 0 unspecified atom stereocenters. The van der Waals surface area contributed by atoms with Gasteiger partial charge in [0.05, 0.1) is 12.2 Å². The van der Waals surface area contributed by atoms with Crippen LogP contribution in [0.4, 0.5) is 13.2 Å². The molecule has 0 bridgehead atoms. The Morgan fingerprint density at radius 1 is 1.40 bits per heavy atom. The number of rotatable bonds is 6. The van der Waals surface area contributed by atoms with Crippen LogP contribution in [0.15, 0.2) is 12.1 Å². The maximum absolute atomic E-state index is 12.6. The average molecular weight is 290 g/mol. The molecule has 0 spiro atoms. The molecule has 1 rings (SSSR count). The molecule has 0 amide bonds. The summed E-state index contributed by atoms with van der Waals surface area (Å²) in [6.07, 6.45) is -3.93. The van der Waals surface area contributed by atoms with E-state index >= 15 is 0 Å². The predicted molar refractivity (Wildman–Crippen MR) is 68.9 cm³/mol. The van der Waals surface area contributed by atoms with Crippen LogP contribution < -0.4 is 10.5 Å². The van der Waals surface area contributed by atoms with Gasteiger partial charge in [-0.15, -0.1) is 0 Å². The number of pyridine rings is 1. The molecule has 0 aliphatic carbocycles. The van der Waals surface area contributed by atoms with Gasteiger partial charge in [-0.05, 0) is 32.6 Å². The molecule has 0 radical (unpaired) electrons. The fourth-order valence-electron chi connectivity index (χ4n) is 1.46. The van der Waals surface area contributed by atoms with Gasteiger partial charge in [-0.1, -0.05) is 0 Å². The maximum atomic E-state index is 12.6. The van der Waals surface area contributed by atoms with E-state index in [2.05, 4.69) is 4.98 Å². The Labute approximate surface area is 115 Å². The zero-order valence-electron chi connectivity index (χ0n) is 11.3. The minimum atomic E-state index is -4.56. The number of aromatic nitrogens is 1. The van der Waals surface area contributed by atoms with E-state index in [1.807, 2.05) is 19.0 Å². The van der Waals surface area contributed by atoms with Crippen LogP contribution in [0.1, 0.15) is 17.7 Å². The number of hydrogen-bond donors (Lipinski definition) is 2. The van der Waals surface area contributed by atoms with Crippen molar-refractivity contribution in [1.29, 1.82) is 5.41 Å². The molecule has 8 heteroatoms. The summed E-state index contributed by atoms with van der Waals surface area (Å²) in [5.74, 6) is -0.639. The number of amidine groups is 1. The predicted octanol–water partition coefficient (Wildman–Crippen LogP) is 1.71. The fraction of sp³-hybridized carbons (Fsp3) is 0.500. The van der Waals surface area contributed by atoms with Gasteiger partial charge in [-0.3, -0.25) is 5.41 Å². The third kappa shape index (κ3) is 4.69. The molecule has 5 nitrogen and oxygen atoms in total. The molecule has 0 aliphatic rings. The average Bonchev–Trinajstić information content (AvgIpc) is 2.32. The van der Waals surface area contributed by atoms with Crippen LogP contribution in [0, 0.1) is 5.41 Å². The zero-order valence-corrected chi connectivity index (χ0v) is 11.3. The quantitative estimate of drug-likeness (QED) is 0.475. The van der Waals surface area contributed by atoms with Gasteiger partial charge in [-0.25, -0.2) is 4.98 Å². The first-order chi connectivity index (χ1) is 9.21. The number of ether oxygens (including phenoxy) is 1. The number of nitrogens with zero attached hydrogens (tertiary/aromatic N) is 2. The molecule has 3 N–H and O–H groups in total. The van der Waals surface area contributed by atoms with E-state index in [1.165, 1.54) is 0 Å². The van der Waals surface area contributed by atoms with Crippen LogP contribution in [-0.4, -0.2) is 43.0 Å². The Balaban J connectivity index is 2.87. The van der Waals surface area contributed by atoms with Gasteiger partial charge in [0.2, 0.25) is 5.88 Å². The van der Waals surface area contributed by atoms with Gasteiger partial charge >= 0.3 is 6.18 Å². The summed E-state index contributed by atoms with van der Waals surface area (Å²) in [6, 6.07) is 1.88. The van der Waals surface area contributed by atoms with Gasteiger partial charge in [0.1, 0.15) is 11.5 Å². The van der Waals surface area contributed by atoms with Crippen molar-refractivity contribution in [2.45, 2.75) is 12.6 Å². The standard InChI is InChI=1S/C12H17F3N4O/c1-19(2)6-3-7-20-11-8(10(16)17)4-5-9(18-11)12(13,14)15/h4-5H,3,6-7H2,1-2H3,(H3,16,17). The molecule has 1 heterocycles. The minimum Gasteiger partial charge on any atom is -0.477 e. The highest BCUT2D eigenvalue weighted by molar-refractivity contribution is 5.97. The topological polar surface area (TPSA) is 75.2 Å². The molecule has 1 aromatic rings. The first-order valence-electron chi connectivity index (χ1n) is 5.92. The highest BCUT2D eigenvalue weighted by Gasteiger charge is 2.33. The number of nitrogen functional groups attached to an aromatic ring is 1. The van der Waals surface area contributed by atoms with E-state index in [9.17, 15) is 13.2 Å². The normalized spacial score (nSPS) is 11.7. The SMILES string of the molecule is CN(C)CCCOc1nc(C(F)(F)F)ccc1C(=N)N.